The Morgan fingerprint density at radius 3 is 2.35 bits per heavy atom. The first-order valence-corrected chi connectivity index (χ1v) is 10.1. The molecule has 0 saturated carbocycles. The van der Waals surface area contributed by atoms with E-state index in [4.69, 9.17) is 14.5 Å². The third-order valence-corrected chi connectivity index (χ3v) is 4.77. The van der Waals surface area contributed by atoms with Crippen LogP contribution >= 0.6 is 11.8 Å². The van der Waals surface area contributed by atoms with Crippen LogP contribution in [0.5, 0.6) is 0 Å². The molecule has 26 heavy (non-hydrogen) atoms. The van der Waals surface area contributed by atoms with Crippen LogP contribution in [-0.4, -0.2) is 35.2 Å². The second kappa shape index (κ2) is 10.5. The van der Waals surface area contributed by atoms with Crippen LogP contribution in [0.2, 0.25) is 0 Å². The molecule has 0 aliphatic heterocycles. The molecule has 5 nitrogen and oxygen atoms in total. The lowest BCUT2D eigenvalue weighted by molar-refractivity contribution is -0.120. The highest BCUT2D eigenvalue weighted by Gasteiger charge is 2.17. The molecule has 0 fully saturated rings. The average molecular weight is 377 g/mol. The van der Waals surface area contributed by atoms with Gasteiger partial charge in [-0.25, -0.2) is 4.98 Å². The third kappa shape index (κ3) is 5.97. The maximum Gasteiger partial charge on any atom is 0.255 e. The summed E-state index contributed by atoms with van der Waals surface area (Å²) >= 11 is 1.45. The Balaban J connectivity index is 2.24. The summed E-state index contributed by atoms with van der Waals surface area (Å²) in [7, 11) is 0. The Morgan fingerprint density at radius 1 is 1.12 bits per heavy atom. The van der Waals surface area contributed by atoms with Gasteiger partial charge in [0.25, 0.3) is 5.56 Å². The standard InChI is InChI=1S/C20H28N2O3S/c1-5-24-17(25-6-2)13-26-20-21-16(12-15-10-8-7-9-11-15)18(14(3)4)19(23)22-20/h7-11,14,17H,5-6,12-13H2,1-4H3,(H,21,22,23). The van der Waals surface area contributed by atoms with Gasteiger partial charge < -0.3 is 14.5 Å². The number of nitrogens with zero attached hydrogens (tertiary/aromatic N) is 1. The quantitative estimate of drug-likeness (QED) is 0.386. The number of H-pyrrole nitrogens is 1. The lowest BCUT2D eigenvalue weighted by atomic mass is 9.99. The van der Waals surface area contributed by atoms with Gasteiger partial charge >= 0.3 is 0 Å². The van der Waals surface area contributed by atoms with Crippen LogP contribution < -0.4 is 5.56 Å². The molecule has 0 amide bonds. The SMILES string of the molecule is CCOC(CSc1nc(Cc2ccccc2)c(C(C)C)c(=O)[nH]1)OCC. The van der Waals surface area contributed by atoms with E-state index in [1.165, 1.54) is 11.8 Å². The maximum absolute atomic E-state index is 12.6. The normalized spacial score (nSPS) is 11.5. The summed E-state index contributed by atoms with van der Waals surface area (Å²) in [6.45, 7) is 9.08. The molecule has 6 heteroatoms. The monoisotopic (exact) mass is 376 g/mol. The summed E-state index contributed by atoms with van der Waals surface area (Å²) < 4.78 is 11.1. The smallest absolute Gasteiger partial charge is 0.255 e. The number of rotatable bonds is 10. The van der Waals surface area contributed by atoms with Gasteiger partial charge in [0.1, 0.15) is 0 Å². The van der Waals surface area contributed by atoms with Gasteiger partial charge in [-0.05, 0) is 25.3 Å². The predicted octanol–water partition coefficient (Wildman–Crippen LogP) is 3.98. The summed E-state index contributed by atoms with van der Waals surface area (Å²) in [6.07, 6.45) is 0.342. The molecule has 2 rings (SSSR count). The molecule has 2 aromatic rings. The van der Waals surface area contributed by atoms with E-state index in [1.807, 2.05) is 45.9 Å². The number of ether oxygens (including phenoxy) is 2. The zero-order chi connectivity index (χ0) is 18.9. The number of hydrogen-bond acceptors (Lipinski definition) is 5. The van der Waals surface area contributed by atoms with Crippen molar-refractivity contribution in [2.75, 3.05) is 19.0 Å². The number of hydrogen-bond donors (Lipinski definition) is 1. The van der Waals surface area contributed by atoms with Gasteiger partial charge in [0.15, 0.2) is 11.4 Å². The highest BCUT2D eigenvalue weighted by Crippen LogP contribution is 2.21. The van der Waals surface area contributed by atoms with Crippen molar-refractivity contribution in [1.82, 2.24) is 9.97 Å². The summed E-state index contributed by atoms with van der Waals surface area (Å²) in [6, 6.07) is 10.1. The van der Waals surface area contributed by atoms with Gasteiger partial charge in [-0.2, -0.15) is 0 Å². The molecular formula is C20H28N2O3S. The predicted molar refractivity (Wildman–Crippen MR) is 106 cm³/mol. The fourth-order valence-electron chi connectivity index (χ4n) is 2.76. The summed E-state index contributed by atoms with van der Waals surface area (Å²) in [4.78, 5) is 20.3. The number of benzene rings is 1. The van der Waals surface area contributed by atoms with Crippen LogP contribution in [0.25, 0.3) is 0 Å². The largest absolute Gasteiger partial charge is 0.352 e. The highest BCUT2D eigenvalue weighted by molar-refractivity contribution is 7.99. The molecule has 0 atom stereocenters. The molecular weight excluding hydrogens is 348 g/mol. The van der Waals surface area contributed by atoms with E-state index in [0.717, 1.165) is 16.8 Å². The zero-order valence-electron chi connectivity index (χ0n) is 16.0. The molecule has 0 radical (unpaired) electrons. The van der Waals surface area contributed by atoms with Crippen molar-refractivity contribution < 1.29 is 9.47 Å². The van der Waals surface area contributed by atoms with E-state index in [2.05, 4.69) is 17.1 Å². The first-order valence-electron chi connectivity index (χ1n) is 9.08. The molecule has 142 valence electrons. The second-order valence-electron chi connectivity index (χ2n) is 6.20. The molecule has 1 aromatic carbocycles. The van der Waals surface area contributed by atoms with Gasteiger partial charge in [-0.3, -0.25) is 4.79 Å². The average Bonchev–Trinajstić information content (AvgIpc) is 2.60. The molecule has 0 aliphatic carbocycles. The molecule has 0 bridgehead atoms. The van der Waals surface area contributed by atoms with Crippen LogP contribution in [0.3, 0.4) is 0 Å². The molecule has 0 unspecified atom stereocenters. The Hall–Kier alpha value is -1.63. The van der Waals surface area contributed by atoms with Crippen molar-refractivity contribution in [3.63, 3.8) is 0 Å². The van der Waals surface area contributed by atoms with Crippen molar-refractivity contribution >= 4 is 11.8 Å². The van der Waals surface area contributed by atoms with Crippen molar-refractivity contribution in [2.24, 2.45) is 0 Å². The minimum Gasteiger partial charge on any atom is -0.352 e. The van der Waals surface area contributed by atoms with Crippen molar-refractivity contribution in [3.8, 4) is 0 Å². The Morgan fingerprint density at radius 2 is 1.77 bits per heavy atom. The van der Waals surface area contributed by atoms with E-state index in [0.29, 0.717) is 30.5 Å². The van der Waals surface area contributed by atoms with Crippen LogP contribution in [0.4, 0.5) is 0 Å². The summed E-state index contributed by atoms with van der Waals surface area (Å²) in [5, 5.41) is 0.606. The number of thioether (sulfide) groups is 1. The van der Waals surface area contributed by atoms with Gasteiger partial charge in [-0.1, -0.05) is 55.9 Å². The first kappa shape index (κ1) is 20.7. The first-order chi connectivity index (χ1) is 12.5. The fraction of sp³-hybridized carbons (Fsp3) is 0.500. The minimum atomic E-state index is -0.303. The van der Waals surface area contributed by atoms with Crippen molar-refractivity contribution in [3.05, 3.63) is 57.5 Å². The maximum atomic E-state index is 12.6. The summed E-state index contributed by atoms with van der Waals surface area (Å²) in [5.74, 6) is 0.694. The Kier molecular flexibility index (Phi) is 8.35. The molecule has 1 heterocycles. The third-order valence-electron chi connectivity index (χ3n) is 3.87. The lowest BCUT2D eigenvalue weighted by Crippen LogP contribution is -2.22. The molecule has 1 aromatic heterocycles. The summed E-state index contributed by atoms with van der Waals surface area (Å²) in [5.41, 5.74) is 2.67. The van der Waals surface area contributed by atoms with Crippen molar-refractivity contribution in [2.45, 2.75) is 51.5 Å². The van der Waals surface area contributed by atoms with Gasteiger partial charge in [-0.15, -0.1) is 0 Å². The van der Waals surface area contributed by atoms with Crippen molar-refractivity contribution in [1.29, 1.82) is 0 Å². The van der Waals surface area contributed by atoms with Crippen LogP contribution in [0.1, 0.15) is 50.4 Å². The van der Waals surface area contributed by atoms with Gasteiger partial charge in [0.05, 0.1) is 11.4 Å². The van der Waals surface area contributed by atoms with Crippen LogP contribution in [0, 0.1) is 0 Å². The zero-order valence-corrected chi connectivity index (χ0v) is 16.8. The Labute approximate surface area is 159 Å². The van der Waals surface area contributed by atoms with Crippen LogP contribution in [0.15, 0.2) is 40.3 Å². The molecule has 0 aliphatic rings. The van der Waals surface area contributed by atoms with Gasteiger partial charge in [0, 0.05) is 25.2 Å². The van der Waals surface area contributed by atoms with E-state index in [-0.39, 0.29) is 17.8 Å². The van der Waals surface area contributed by atoms with Gasteiger partial charge in [0.2, 0.25) is 0 Å². The number of aromatic amines is 1. The lowest BCUT2D eigenvalue weighted by Gasteiger charge is -2.17. The fourth-order valence-corrected chi connectivity index (χ4v) is 3.58. The van der Waals surface area contributed by atoms with E-state index in [1.54, 1.807) is 0 Å². The second-order valence-corrected chi connectivity index (χ2v) is 7.21. The van der Waals surface area contributed by atoms with Crippen LogP contribution in [-0.2, 0) is 15.9 Å². The highest BCUT2D eigenvalue weighted by atomic mass is 32.2. The number of aromatic nitrogens is 2. The topological polar surface area (TPSA) is 64.2 Å². The molecule has 0 saturated heterocycles. The van der Waals surface area contributed by atoms with E-state index < -0.39 is 0 Å². The van der Waals surface area contributed by atoms with E-state index >= 15 is 0 Å². The molecule has 0 spiro atoms. The Bertz CT molecular complexity index is 726. The minimum absolute atomic E-state index is 0.0622. The number of nitrogens with one attached hydrogen (secondary N) is 1. The van der Waals surface area contributed by atoms with E-state index in [9.17, 15) is 4.79 Å². The molecule has 1 N–H and O–H groups in total.